The van der Waals surface area contributed by atoms with Crippen LogP contribution in [0.4, 0.5) is 5.69 Å². The maximum Gasteiger partial charge on any atom is 0.0719 e. The second-order valence-electron chi connectivity index (χ2n) is 9.18. The Morgan fingerprint density at radius 1 is 0.969 bits per heavy atom. The minimum absolute atomic E-state index is 0.240. The number of hydrogen-bond acceptors (Lipinski definition) is 3. The van der Waals surface area contributed by atoms with E-state index in [2.05, 4.69) is 77.9 Å². The molecule has 3 aromatic carbocycles. The van der Waals surface area contributed by atoms with Crippen molar-refractivity contribution in [3.8, 4) is 11.1 Å². The van der Waals surface area contributed by atoms with Crippen LogP contribution in [0.5, 0.6) is 0 Å². The number of nitrogens with zero attached hydrogens (tertiary/aromatic N) is 1. The number of hydrogen-bond donors (Lipinski definition) is 2. The van der Waals surface area contributed by atoms with E-state index < -0.39 is 0 Å². The van der Waals surface area contributed by atoms with Crippen molar-refractivity contribution in [2.75, 3.05) is 5.32 Å². The summed E-state index contributed by atoms with van der Waals surface area (Å²) in [7, 11) is 0. The van der Waals surface area contributed by atoms with Crippen molar-refractivity contribution < 1.29 is 0 Å². The van der Waals surface area contributed by atoms with Gasteiger partial charge in [0.25, 0.3) is 0 Å². The lowest BCUT2D eigenvalue weighted by atomic mass is 9.69. The highest BCUT2D eigenvalue weighted by Gasteiger charge is 2.38. The Hall–Kier alpha value is -2.88. The summed E-state index contributed by atoms with van der Waals surface area (Å²) in [5, 5.41) is 5.61. The third-order valence-corrected chi connectivity index (χ3v) is 7.06. The lowest BCUT2D eigenvalue weighted by Gasteiger charge is -2.43. The van der Waals surface area contributed by atoms with E-state index >= 15 is 0 Å². The van der Waals surface area contributed by atoms with Crippen LogP contribution in [0.15, 0.2) is 85.1 Å². The van der Waals surface area contributed by atoms with Crippen LogP contribution in [0.1, 0.15) is 37.7 Å². The van der Waals surface area contributed by atoms with Crippen LogP contribution in [0.25, 0.3) is 22.0 Å². The summed E-state index contributed by atoms with van der Waals surface area (Å²) >= 11 is 6.20. The predicted molar refractivity (Wildman–Crippen MR) is 135 cm³/mol. The molecule has 1 heterocycles. The van der Waals surface area contributed by atoms with E-state index in [9.17, 15) is 0 Å². The molecule has 1 saturated carbocycles. The average Bonchev–Trinajstić information content (AvgIpc) is 2.81. The topological polar surface area (TPSA) is 50.9 Å². The number of benzene rings is 3. The van der Waals surface area contributed by atoms with Gasteiger partial charge in [-0.2, -0.15) is 0 Å². The van der Waals surface area contributed by atoms with Crippen LogP contribution in [0.3, 0.4) is 0 Å². The molecule has 162 valence electrons. The molecule has 4 heteroatoms. The van der Waals surface area contributed by atoms with Crippen molar-refractivity contribution in [3.05, 3.63) is 95.6 Å². The van der Waals surface area contributed by atoms with Crippen molar-refractivity contribution in [1.29, 1.82) is 0 Å². The maximum atomic E-state index is 6.84. The molecule has 1 fully saturated rings. The van der Waals surface area contributed by atoms with Crippen molar-refractivity contribution in [2.45, 2.75) is 43.7 Å². The lowest BCUT2D eigenvalue weighted by Crippen LogP contribution is -2.49. The molecule has 0 amide bonds. The lowest BCUT2D eigenvalue weighted by molar-refractivity contribution is 0.261. The van der Waals surface area contributed by atoms with Gasteiger partial charge in [-0.15, -0.1) is 0 Å². The normalized spacial score (nSPS) is 23.2. The molecule has 4 aromatic rings. The van der Waals surface area contributed by atoms with Gasteiger partial charge in [0.05, 0.1) is 5.52 Å². The summed E-state index contributed by atoms with van der Waals surface area (Å²) in [4.78, 5) is 4.52. The van der Waals surface area contributed by atoms with E-state index in [1.807, 2.05) is 24.4 Å². The summed E-state index contributed by atoms with van der Waals surface area (Å²) in [6, 6.07) is 27.7. The molecule has 1 aliphatic carbocycles. The van der Waals surface area contributed by atoms with Crippen molar-refractivity contribution in [2.24, 2.45) is 5.73 Å². The Balaban J connectivity index is 1.38. The first kappa shape index (κ1) is 21.0. The van der Waals surface area contributed by atoms with Crippen molar-refractivity contribution in [3.63, 3.8) is 0 Å². The first-order valence-electron chi connectivity index (χ1n) is 11.2. The van der Waals surface area contributed by atoms with Gasteiger partial charge in [0.15, 0.2) is 0 Å². The molecule has 0 bridgehead atoms. The van der Waals surface area contributed by atoms with E-state index in [0.717, 1.165) is 35.9 Å². The number of pyridine rings is 1. The van der Waals surface area contributed by atoms with Gasteiger partial charge in [-0.1, -0.05) is 60.1 Å². The molecule has 3 atom stereocenters. The highest BCUT2D eigenvalue weighted by Crippen LogP contribution is 2.42. The minimum Gasteiger partial charge on any atom is -0.382 e. The SMILES string of the molecule is CC1(N)CCC(Nc2ccc(-c3ccccc3)cc2)CC1c1ccnc2cc(Cl)ccc12. The van der Waals surface area contributed by atoms with Gasteiger partial charge >= 0.3 is 0 Å². The molecule has 0 saturated heterocycles. The zero-order valence-corrected chi connectivity index (χ0v) is 19.0. The minimum atomic E-state index is -0.261. The number of fused-ring (bicyclic) bond motifs is 1. The number of aromatic nitrogens is 1. The molecule has 0 aliphatic heterocycles. The predicted octanol–water partition coefficient (Wildman–Crippen LogP) is 7.02. The molecule has 1 aliphatic rings. The van der Waals surface area contributed by atoms with Crippen LogP contribution < -0.4 is 11.1 Å². The van der Waals surface area contributed by atoms with Gasteiger partial charge in [-0.3, -0.25) is 4.98 Å². The van der Waals surface area contributed by atoms with Crippen LogP contribution in [-0.4, -0.2) is 16.6 Å². The number of halogens is 1. The van der Waals surface area contributed by atoms with Gasteiger partial charge in [0.1, 0.15) is 0 Å². The summed E-state index contributed by atoms with van der Waals surface area (Å²) in [5.41, 5.74) is 12.4. The first-order chi connectivity index (χ1) is 15.5. The molecule has 3 unspecified atom stereocenters. The Labute approximate surface area is 194 Å². The van der Waals surface area contributed by atoms with Crippen LogP contribution in [0.2, 0.25) is 5.02 Å². The van der Waals surface area contributed by atoms with Crippen molar-refractivity contribution >= 4 is 28.2 Å². The fraction of sp³-hybridized carbons (Fsp3) is 0.250. The molecule has 3 N–H and O–H groups in total. The van der Waals surface area contributed by atoms with E-state index in [1.165, 1.54) is 16.7 Å². The van der Waals surface area contributed by atoms with Gasteiger partial charge < -0.3 is 11.1 Å². The van der Waals surface area contributed by atoms with Gasteiger partial charge in [-0.25, -0.2) is 0 Å². The summed E-state index contributed by atoms with van der Waals surface area (Å²) in [5.74, 6) is 0.240. The fourth-order valence-electron chi connectivity index (χ4n) is 5.02. The van der Waals surface area contributed by atoms with Crippen molar-refractivity contribution in [1.82, 2.24) is 4.98 Å². The summed E-state index contributed by atoms with van der Waals surface area (Å²) in [6.07, 6.45) is 4.88. The second-order valence-corrected chi connectivity index (χ2v) is 9.62. The number of nitrogens with two attached hydrogens (primary N) is 1. The molecule has 1 aromatic heterocycles. The van der Waals surface area contributed by atoms with E-state index in [-0.39, 0.29) is 11.5 Å². The molecule has 3 nitrogen and oxygen atoms in total. The monoisotopic (exact) mass is 441 g/mol. The standard InChI is InChI=1S/C28H28ClN3/c1-28(30)15-13-23(32-22-10-7-20(8-11-22)19-5-3-2-4-6-19)18-26(28)24-14-16-31-27-17-21(29)9-12-25(24)27/h2-12,14,16-17,23,26,32H,13,15,18,30H2,1H3. The van der Waals surface area contributed by atoms with Crippen LogP contribution in [-0.2, 0) is 0 Å². The molecule has 0 spiro atoms. The molecule has 5 rings (SSSR count). The highest BCUT2D eigenvalue weighted by atomic mass is 35.5. The quantitative estimate of drug-likeness (QED) is 0.357. The fourth-order valence-corrected chi connectivity index (χ4v) is 5.18. The first-order valence-corrected chi connectivity index (χ1v) is 11.6. The van der Waals surface area contributed by atoms with Gasteiger partial charge in [0, 0.05) is 39.8 Å². The van der Waals surface area contributed by atoms with E-state index in [1.54, 1.807) is 0 Å². The number of anilines is 1. The summed E-state index contributed by atoms with van der Waals surface area (Å²) in [6.45, 7) is 2.19. The molecule has 32 heavy (non-hydrogen) atoms. The molecule has 0 radical (unpaired) electrons. The third kappa shape index (κ3) is 4.23. The van der Waals surface area contributed by atoms with E-state index in [0.29, 0.717) is 11.1 Å². The zero-order chi connectivity index (χ0) is 22.1. The Bertz CT molecular complexity index is 1220. The van der Waals surface area contributed by atoms with Crippen LogP contribution >= 0.6 is 11.6 Å². The number of nitrogens with one attached hydrogen (secondary N) is 1. The molecular weight excluding hydrogens is 414 g/mol. The smallest absolute Gasteiger partial charge is 0.0719 e. The Kier molecular flexibility index (Phi) is 5.62. The highest BCUT2D eigenvalue weighted by molar-refractivity contribution is 6.31. The van der Waals surface area contributed by atoms with E-state index in [4.69, 9.17) is 17.3 Å². The van der Waals surface area contributed by atoms with Crippen LogP contribution in [0, 0.1) is 0 Å². The maximum absolute atomic E-state index is 6.84. The van der Waals surface area contributed by atoms with Gasteiger partial charge in [-0.05, 0) is 73.2 Å². The average molecular weight is 442 g/mol. The third-order valence-electron chi connectivity index (χ3n) is 6.82. The number of rotatable bonds is 4. The largest absolute Gasteiger partial charge is 0.382 e. The Morgan fingerprint density at radius 3 is 2.50 bits per heavy atom. The Morgan fingerprint density at radius 2 is 1.72 bits per heavy atom. The zero-order valence-electron chi connectivity index (χ0n) is 18.3. The second kappa shape index (κ2) is 8.57. The molecular formula is C28H28ClN3. The van der Waals surface area contributed by atoms with Gasteiger partial charge in [0.2, 0.25) is 0 Å². The summed E-state index contributed by atoms with van der Waals surface area (Å²) < 4.78 is 0.